The molecule has 3 rings (SSSR count). The molecule has 0 unspecified atom stereocenters. The van der Waals surface area contributed by atoms with Crippen LogP contribution in [0, 0.1) is 6.92 Å². The Balaban J connectivity index is 1.79. The smallest absolute Gasteiger partial charge is 0.256 e. The maximum Gasteiger partial charge on any atom is 0.256 e. The van der Waals surface area contributed by atoms with Crippen molar-refractivity contribution >= 4 is 17.7 Å². The first-order valence-corrected chi connectivity index (χ1v) is 8.30. The van der Waals surface area contributed by atoms with Crippen LogP contribution >= 0.6 is 11.8 Å². The van der Waals surface area contributed by atoms with Gasteiger partial charge in [0.2, 0.25) is 0 Å². The summed E-state index contributed by atoms with van der Waals surface area (Å²) in [6.07, 6.45) is 1.70. The Hall–Kier alpha value is -2.60. The SMILES string of the molecule is Cc1cc(CN(C)C(=O)c2cccnc2Sc2ccccc2)no1. The monoisotopic (exact) mass is 339 g/mol. The molecule has 1 aromatic carbocycles. The van der Waals surface area contributed by atoms with Crippen molar-refractivity contribution in [3.8, 4) is 0 Å². The zero-order valence-corrected chi connectivity index (χ0v) is 14.3. The first kappa shape index (κ1) is 16.3. The molecule has 0 radical (unpaired) electrons. The fraction of sp³-hybridized carbons (Fsp3) is 0.167. The maximum atomic E-state index is 12.8. The molecule has 5 nitrogen and oxygen atoms in total. The summed E-state index contributed by atoms with van der Waals surface area (Å²) in [7, 11) is 1.75. The van der Waals surface area contributed by atoms with Crippen LogP contribution in [-0.2, 0) is 6.54 Å². The zero-order valence-electron chi connectivity index (χ0n) is 13.5. The average molecular weight is 339 g/mol. The number of aromatic nitrogens is 2. The molecule has 0 aliphatic rings. The van der Waals surface area contributed by atoms with Gasteiger partial charge in [-0.1, -0.05) is 35.1 Å². The highest BCUT2D eigenvalue weighted by atomic mass is 32.2. The second kappa shape index (κ2) is 7.31. The van der Waals surface area contributed by atoms with Gasteiger partial charge < -0.3 is 9.42 Å². The van der Waals surface area contributed by atoms with Crippen LogP contribution in [0.4, 0.5) is 0 Å². The average Bonchev–Trinajstić information content (AvgIpc) is 3.00. The zero-order chi connectivity index (χ0) is 16.9. The Bertz CT molecular complexity index is 833. The van der Waals surface area contributed by atoms with Crippen molar-refractivity contribution in [3.05, 3.63) is 71.7 Å². The summed E-state index contributed by atoms with van der Waals surface area (Å²) in [5.41, 5.74) is 1.30. The van der Waals surface area contributed by atoms with Gasteiger partial charge in [0.25, 0.3) is 5.91 Å². The van der Waals surface area contributed by atoms with E-state index in [1.807, 2.05) is 43.3 Å². The van der Waals surface area contributed by atoms with E-state index in [1.165, 1.54) is 11.8 Å². The molecule has 0 saturated heterocycles. The van der Waals surface area contributed by atoms with Crippen molar-refractivity contribution in [1.82, 2.24) is 15.0 Å². The van der Waals surface area contributed by atoms with Gasteiger partial charge in [0, 0.05) is 24.2 Å². The van der Waals surface area contributed by atoms with Crippen molar-refractivity contribution in [1.29, 1.82) is 0 Å². The molecule has 2 heterocycles. The van der Waals surface area contributed by atoms with E-state index in [1.54, 1.807) is 30.3 Å². The second-order valence-corrected chi connectivity index (χ2v) is 6.42. The fourth-order valence-electron chi connectivity index (χ4n) is 2.25. The summed E-state index contributed by atoms with van der Waals surface area (Å²) in [4.78, 5) is 19.8. The van der Waals surface area contributed by atoms with Crippen LogP contribution in [0.3, 0.4) is 0 Å². The Kier molecular flexibility index (Phi) is 4.96. The minimum atomic E-state index is -0.0952. The molecule has 3 aromatic rings. The molecule has 6 heteroatoms. The highest BCUT2D eigenvalue weighted by molar-refractivity contribution is 7.99. The van der Waals surface area contributed by atoms with Gasteiger partial charge in [-0.25, -0.2) is 4.98 Å². The molecule has 0 aliphatic carbocycles. The third-order valence-electron chi connectivity index (χ3n) is 3.38. The first-order valence-electron chi connectivity index (χ1n) is 7.49. The molecular weight excluding hydrogens is 322 g/mol. The summed E-state index contributed by atoms with van der Waals surface area (Å²) in [5, 5.41) is 4.62. The molecule has 0 bridgehead atoms. The molecule has 2 aromatic heterocycles. The van der Waals surface area contributed by atoms with Gasteiger partial charge in [-0.3, -0.25) is 4.79 Å². The number of aryl methyl sites for hydroxylation is 1. The van der Waals surface area contributed by atoms with Gasteiger partial charge in [0.15, 0.2) is 0 Å². The minimum absolute atomic E-state index is 0.0952. The van der Waals surface area contributed by atoms with E-state index in [-0.39, 0.29) is 5.91 Å². The van der Waals surface area contributed by atoms with E-state index in [9.17, 15) is 4.79 Å². The second-order valence-electron chi connectivity index (χ2n) is 5.36. The topological polar surface area (TPSA) is 59.2 Å². The highest BCUT2D eigenvalue weighted by Gasteiger charge is 2.18. The van der Waals surface area contributed by atoms with Crippen LogP contribution < -0.4 is 0 Å². The molecule has 0 atom stereocenters. The third-order valence-corrected chi connectivity index (χ3v) is 4.41. The number of benzene rings is 1. The third kappa shape index (κ3) is 3.83. The molecule has 1 amide bonds. The van der Waals surface area contributed by atoms with Crippen molar-refractivity contribution < 1.29 is 9.32 Å². The number of hydrogen-bond acceptors (Lipinski definition) is 5. The number of pyridine rings is 1. The van der Waals surface area contributed by atoms with Crippen LogP contribution in [-0.4, -0.2) is 28.0 Å². The summed E-state index contributed by atoms with van der Waals surface area (Å²) in [6, 6.07) is 15.3. The van der Waals surface area contributed by atoms with Gasteiger partial charge in [0.1, 0.15) is 16.5 Å². The van der Waals surface area contributed by atoms with Crippen LogP contribution in [0.5, 0.6) is 0 Å². The quantitative estimate of drug-likeness (QED) is 0.707. The lowest BCUT2D eigenvalue weighted by Gasteiger charge is -2.17. The molecule has 0 fully saturated rings. The van der Waals surface area contributed by atoms with Crippen molar-refractivity contribution in [2.75, 3.05) is 7.05 Å². The van der Waals surface area contributed by atoms with Gasteiger partial charge in [0.05, 0.1) is 12.1 Å². The highest BCUT2D eigenvalue weighted by Crippen LogP contribution is 2.29. The summed E-state index contributed by atoms with van der Waals surface area (Å²) in [5.74, 6) is 0.634. The standard InChI is InChI=1S/C18H17N3O2S/c1-13-11-14(20-23-13)12-21(2)18(22)16-9-6-10-19-17(16)24-15-7-4-3-5-8-15/h3-11H,12H2,1-2H3. The van der Waals surface area contributed by atoms with Crippen molar-refractivity contribution in [3.63, 3.8) is 0 Å². The van der Waals surface area contributed by atoms with Crippen LogP contribution in [0.15, 0.2) is 69.2 Å². The molecule has 0 aliphatic heterocycles. The lowest BCUT2D eigenvalue weighted by molar-refractivity contribution is 0.0778. The largest absolute Gasteiger partial charge is 0.361 e. The summed E-state index contributed by atoms with van der Waals surface area (Å²) < 4.78 is 5.05. The summed E-state index contributed by atoms with van der Waals surface area (Å²) >= 11 is 1.48. The van der Waals surface area contributed by atoms with Crippen LogP contribution in [0.1, 0.15) is 21.8 Å². The minimum Gasteiger partial charge on any atom is -0.361 e. The number of nitrogens with zero attached hydrogens (tertiary/aromatic N) is 3. The van der Waals surface area contributed by atoms with Crippen LogP contribution in [0.2, 0.25) is 0 Å². The number of carbonyl (C=O) groups excluding carboxylic acids is 1. The Morgan fingerprint density at radius 3 is 2.71 bits per heavy atom. The van der Waals surface area contributed by atoms with Gasteiger partial charge >= 0.3 is 0 Å². The van der Waals surface area contributed by atoms with E-state index < -0.39 is 0 Å². The molecule has 122 valence electrons. The van der Waals surface area contributed by atoms with Gasteiger partial charge in [-0.15, -0.1) is 0 Å². The van der Waals surface area contributed by atoms with E-state index in [0.717, 1.165) is 16.3 Å². The lowest BCUT2D eigenvalue weighted by Crippen LogP contribution is -2.27. The van der Waals surface area contributed by atoms with E-state index >= 15 is 0 Å². The van der Waals surface area contributed by atoms with Gasteiger partial charge in [-0.2, -0.15) is 0 Å². The Morgan fingerprint density at radius 2 is 2.00 bits per heavy atom. The molecule has 0 saturated carbocycles. The fourth-order valence-corrected chi connectivity index (χ4v) is 3.14. The normalized spacial score (nSPS) is 10.6. The predicted molar refractivity (Wildman–Crippen MR) is 91.8 cm³/mol. The number of carbonyl (C=O) groups is 1. The Labute approximate surface area is 144 Å². The first-order chi connectivity index (χ1) is 11.6. The predicted octanol–water partition coefficient (Wildman–Crippen LogP) is 3.80. The van der Waals surface area contributed by atoms with E-state index in [4.69, 9.17) is 4.52 Å². The van der Waals surface area contributed by atoms with Crippen molar-refractivity contribution in [2.24, 2.45) is 0 Å². The maximum absolute atomic E-state index is 12.8. The van der Waals surface area contributed by atoms with Gasteiger partial charge in [-0.05, 0) is 31.2 Å². The Morgan fingerprint density at radius 1 is 1.21 bits per heavy atom. The van der Waals surface area contributed by atoms with Crippen LogP contribution in [0.25, 0.3) is 0 Å². The van der Waals surface area contributed by atoms with Crippen molar-refractivity contribution in [2.45, 2.75) is 23.4 Å². The number of hydrogen-bond donors (Lipinski definition) is 0. The molecule has 24 heavy (non-hydrogen) atoms. The molecule has 0 spiro atoms. The molecule has 0 N–H and O–H groups in total. The lowest BCUT2D eigenvalue weighted by atomic mass is 10.2. The summed E-state index contributed by atoms with van der Waals surface area (Å²) in [6.45, 7) is 2.22. The number of rotatable bonds is 5. The number of amides is 1. The van der Waals surface area contributed by atoms with E-state index in [2.05, 4.69) is 10.1 Å². The van der Waals surface area contributed by atoms with E-state index in [0.29, 0.717) is 17.1 Å². The molecular formula is C18H17N3O2S.